The fraction of sp³-hybridized carbons (Fsp3) is 0.136. The van der Waals surface area contributed by atoms with Crippen molar-refractivity contribution in [1.29, 1.82) is 0 Å². The zero-order valence-electron chi connectivity index (χ0n) is 16.5. The highest BCUT2D eigenvalue weighted by atomic mass is 32.2. The molecule has 3 aromatic carbocycles. The van der Waals surface area contributed by atoms with Crippen molar-refractivity contribution in [3.8, 4) is 0 Å². The zero-order chi connectivity index (χ0) is 23.2. The second-order valence-electron chi connectivity index (χ2n) is 6.47. The molecule has 0 unspecified atom stereocenters. The highest BCUT2D eigenvalue weighted by molar-refractivity contribution is 7.86. The molecule has 0 aliphatic carbocycles. The van der Waals surface area contributed by atoms with Crippen LogP contribution < -0.4 is 5.32 Å². The maximum Gasteiger partial charge on any atom is 0.416 e. The number of alkyl halides is 3. The highest BCUT2D eigenvalue weighted by Crippen LogP contribution is 2.32. The van der Waals surface area contributed by atoms with Gasteiger partial charge in [-0.1, -0.05) is 36.4 Å². The van der Waals surface area contributed by atoms with Gasteiger partial charge in [0.05, 0.1) is 21.7 Å². The van der Waals surface area contributed by atoms with Gasteiger partial charge in [-0.2, -0.15) is 21.6 Å². The van der Waals surface area contributed by atoms with Crippen molar-refractivity contribution in [3.63, 3.8) is 0 Å². The van der Waals surface area contributed by atoms with Gasteiger partial charge in [0.1, 0.15) is 13.2 Å². The van der Waals surface area contributed by atoms with Crippen LogP contribution in [0.5, 0.6) is 0 Å². The second kappa shape index (κ2) is 9.84. The fourth-order valence-electron chi connectivity index (χ4n) is 2.71. The molecule has 10 heteroatoms. The van der Waals surface area contributed by atoms with Gasteiger partial charge in [0, 0.05) is 5.69 Å². The number of hydrogen-bond acceptors (Lipinski definition) is 6. The number of hydrogen-bond donors (Lipinski definition) is 1. The lowest BCUT2D eigenvalue weighted by Crippen LogP contribution is -2.15. The normalized spacial score (nSPS) is 11.7. The van der Waals surface area contributed by atoms with E-state index < -0.39 is 34.4 Å². The first-order valence-corrected chi connectivity index (χ1v) is 10.7. The summed E-state index contributed by atoms with van der Waals surface area (Å²) in [5.41, 5.74) is -0.401. The SMILES string of the molecule is O=C(OCCOS(=O)(=O)c1ccccc1)c1ccccc1Nc1cccc(C(F)(F)F)c1. The number of rotatable bonds is 8. The molecule has 0 bridgehead atoms. The Balaban J connectivity index is 1.62. The average molecular weight is 465 g/mol. The van der Waals surface area contributed by atoms with Crippen LogP contribution in [0.25, 0.3) is 0 Å². The van der Waals surface area contributed by atoms with Crippen LogP contribution in [0.4, 0.5) is 24.5 Å². The Hall–Kier alpha value is -3.37. The predicted octanol–water partition coefficient (Wildman–Crippen LogP) is 5.01. The van der Waals surface area contributed by atoms with Crippen LogP contribution in [0.15, 0.2) is 83.8 Å². The molecule has 0 saturated carbocycles. The summed E-state index contributed by atoms with van der Waals surface area (Å²) in [6.07, 6.45) is -4.50. The van der Waals surface area contributed by atoms with Crippen LogP contribution in [0.3, 0.4) is 0 Å². The summed E-state index contributed by atoms with van der Waals surface area (Å²) in [5.74, 6) is -0.791. The molecule has 6 nitrogen and oxygen atoms in total. The third kappa shape index (κ3) is 6.08. The molecule has 0 saturated heterocycles. The largest absolute Gasteiger partial charge is 0.460 e. The number of benzene rings is 3. The van der Waals surface area contributed by atoms with Gasteiger partial charge in [0.15, 0.2) is 0 Å². The van der Waals surface area contributed by atoms with Crippen LogP contribution in [-0.4, -0.2) is 27.6 Å². The van der Waals surface area contributed by atoms with Crippen molar-refractivity contribution < 1.29 is 35.3 Å². The first-order valence-electron chi connectivity index (χ1n) is 9.32. The van der Waals surface area contributed by atoms with Crippen molar-refractivity contribution in [2.24, 2.45) is 0 Å². The van der Waals surface area contributed by atoms with Gasteiger partial charge in [0.2, 0.25) is 0 Å². The lowest BCUT2D eigenvalue weighted by molar-refractivity contribution is -0.137. The number of esters is 1. The Kier molecular flexibility index (Phi) is 7.16. The third-order valence-electron chi connectivity index (χ3n) is 4.20. The first kappa shape index (κ1) is 23.3. The summed E-state index contributed by atoms with van der Waals surface area (Å²) in [6, 6.07) is 18.1. The van der Waals surface area contributed by atoms with E-state index in [4.69, 9.17) is 8.92 Å². The topological polar surface area (TPSA) is 81.7 Å². The van der Waals surface area contributed by atoms with Gasteiger partial charge in [-0.05, 0) is 42.5 Å². The van der Waals surface area contributed by atoms with Crippen LogP contribution in [0.2, 0.25) is 0 Å². The Morgan fingerprint density at radius 3 is 2.28 bits per heavy atom. The molecule has 0 radical (unpaired) electrons. The van der Waals surface area contributed by atoms with Gasteiger partial charge >= 0.3 is 12.1 Å². The molecule has 1 N–H and O–H groups in total. The molecule has 3 aromatic rings. The Morgan fingerprint density at radius 2 is 1.56 bits per heavy atom. The number of para-hydroxylation sites is 1. The second-order valence-corrected chi connectivity index (χ2v) is 8.09. The summed E-state index contributed by atoms with van der Waals surface area (Å²) in [6.45, 7) is -0.741. The summed E-state index contributed by atoms with van der Waals surface area (Å²) in [7, 11) is -3.98. The minimum absolute atomic E-state index is 0.0260. The van der Waals surface area contributed by atoms with E-state index in [0.29, 0.717) is 0 Å². The molecule has 3 rings (SSSR count). The number of carbonyl (C=O) groups is 1. The maximum atomic E-state index is 12.9. The van der Waals surface area contributed by atoms with E-state index in [1.807, 2.05) is 0 Å². The van der Waals surface area contributed by atoms with Crippen molar-refractivity contribution in [3.05, 3.63) is 90.0 Å². The van der Waals surface area contributed by atoms with Gasteiger partial charge < -0.3 is 10.1 Å². The van der Waals surface area contributed by atoms with E-state index in [9.17, 15) is 26.4 Å². The molecule has 0 amide bonds. The minimum Gasteiger partial charge on any atom is -0.460 e. The van der Waals surface area contributed by atoms with E-state index in [-0.39, 0.29) is 28.4 Å². The van der Waals surface area contributed by atoms with Gasteiger partial charge in [-0.25, -0.2) is 4.79 Å². The molecule has 0 atom stereocenters. The van der Waals surface area contributed by atoms with Crippen LogP contribution in [0.1, 0.15) is 15.9 Å². The Bertz CT molecular complexity index is 1180. The summed E-state index contributed by atoms with van der Waals surface area (Å²) in [4.78, 5) is 12.4. The first-order chi connectivity index (χ1) is 15.2. The number of ether oxygens (including phenoxy) is 1. The van der Waals surface area contributed by atoms with Gasteiger partial charge in [0.25, 0.3) is 10.1 Å². The highest BCUT2D eigenvalue weighted by Gasteiger charge is 2.30. The number of carbonyl (C=O) groups excluding carboxylic acids is 1. The van der Waals surface area contributed by atoms with E-state index in [2.05, 4.69) is 5.32 Å². The Morgan fingerprint density at radius 1 is 0.875 bits per heavy atom. The van der Waals surface area contributed by atoms with Gasteiger partial charge in [-0.15, -0.1) is 0 Å². The van der Waals surface area contributed by atoms with Crippen molar-refractivity contribution in [2.75, 3.05) is 18.5 Å². The van der Waals surface area contributed by atoms with Gasteiger partial charge in [-0.3, -0.25) is 4.18 Å². The summed E-state index contributed by atoms with van der Waals surface area (Å²) in [5, 5.41) is 2.77. The molecule has 0 heterocycles. The molecule has 0 aliphatic heterocycles. The standard InChI is InChI=1S/C22H18F3NO5S/c23-22(24,25)16-7-6-8-17(15-16)26-20-12-5-4-11-19(20)21(27)30-13-14-31-32(28,29)18-9-2-1-3-10-18/h1-12,15,26H,13-14H2. The lowest BCUT2D eigenvalue weighted by atomic mass is 10.1. The molecule has 0 aromatic heterocycles. The molecule has 168 valence electrons. The average Bonchev–Trinajstić information content (AvgIpc) is 2.77. The molecular formula is C22H18F3NO5S. The van der Waals surface area contributed by atoms with E-state index >= 15 is 0 Å². The Labute approximate surface area is 182 Å². The zero-order valence-corrected chi connectivity index (χ0v) is 17.3. The number of anilines is 2. The smallest absolute Gasteiger partial charge is 0.416 e. The van der Waals surface area contributed by atoms with Crippen molar-refractivity contribution >= 4 is 27.5 Å². The predicted molar refractivity (Wildman–Crippen MR) is 111 cm³/mol. The maximum absolute atomic E-state index is 12.9. The third-order valence-corrected chi connectivity index (χ3v) is 5.53. The lowest BCUT2D eigenvalue weighted by Gasteiger charge is -2.13. The van der Waals surface area contributed by atoms with Crippen molar-refractivity contribution in [2.45, 2.75) is 11.1 Å². The van der Waals surface area contributed by atoms with Crippen molar-refractivity contribution in [1.82, 2.24) is 0 Å². The van der Waals surface area contributed by atoms with Crippen LogP contribution >= 0.6 is 0 Å². The van der Waals surface area contributed by atoms with Crippen LogP contribution in [-0.2, 0) is 25.2 Å². The number of nitrogens with one attached hydrogen (secondary N) is 1. The fourth-order valence-corrected chi connectivity index (χ4v) is 3.62. The molecule has 32 heavy (non-hydrogen) atoms. The van der Waals surface area contributed by atoms with Crippen LogP contribution in [0, 0.1) is 0 Å². The summed E-state index contributed by atoms with van der Waals surface area (Å²) >= 11 is 0. The molecule has 0 fully saturated rings. The molecular weight excluding hydrogens is 447 g/mol. The summed E-state index contributed by atoms with van der Waals surface area (Å²) < 4.78 is 72.8. The molecule has 0 aliphatic rings. The van der Waals surface area contributed by atoms with E-state index in [1.165, 1.54) is 36.4 Å². The minimum atomic E-state index is -4.50. The monoisotopic (exact) mass is 465 g/mol. The quantitative estimate of drug-likeness (QED) is 0.286. The van der Waals surface area contributed by atoms with E-state index in [0.717, 1.165) is 12.1 Å². The van der Waals surface area contributed by atoms with E-state index in [1.54, 1.807) is 30.3 Å². The molecule has 0 spiro atoms. The number of halogens is 3.